The average molecular weight is 737 g/mol. The van der Waals surface area contributed by atoms with E-state index < -0.39 is 0 Å². The van der Waals surface area contributed by atoms with E-state index in [1.807, 2.05) is 0 Å². The molecule has 0 unspecified atom stereocenters. The van der Waals surface area contributed by atoms with Crippen LogP contribution in [0.3, 0.4) is 0 Å². The van der Waals surface area contributed by atoms with E-state index in [0.29, 0.717) is 0 Å². The third-order valence-corrected chi connectivity index (χ3v) is 12.4. The maximum absolute atomic E-state index is 7.10. The van der Waals surface area contributed by atoms with Crippen LogP contribution in [0.2, 0.25) is 0 Å². The molecule has 0 aliphatic heterocycles. The highest BCUT2D eigenvalue weighted by Gasteiger charge is 2.22. The van der Waals surface area contributed by atoms with Gasteiger partial charge in [-0.3, -0.25) is 0 Å². The molecule has 58 heavy (non-hydrogen) atoms. The average Bonchev–Trinajstić information content (AvgIpc) is 3.87. The molecular weight excluding hydrogens is 705 g/mol. The molecule has 13 aromatic rings. The number of hydrogen-bond acceptors (Lipinski definition) is 2. The first kappa shape index (κ1) is 31.5. The number of furan rings is 2. The fraction of sp³-hybridized carbons (Fsp3) is 0. The van der Waals surface area contributed by atoms with Crippen LogP contribution in [0.15, 0.2) is 203 Å². The van der Waals surface area contributed by atoms with Crippen LogP contribution in [-0.2, 0) is 0 Å². The van der Waals surface area contributed by atoms with Gasteiger partial charge in [-0.15, -0.1) is 0 Å². The third kappa shape index (κ3) is 4.37. The van der Waals surface area contributed by atoms with Crippen molar-refractivity contribution in [1.29, 1.82) is 0 Å². The fourth-order valence-electron chi connectivity index (χ4n) is 9.92. The van der Waals surface area contributed by atoms with E-state index in [2.05, 4.69) is 194 Å². The molecule has 0 N–H and O–H groups in total. The fourth-order valence-corrected chi connectivity index (χ4v) is 9.92. The standard InChI is InChI=1S/C56H32O2/c1-2-14-33(15-3-1)51-42-21-9-11-23-44(42)52(45-24-12-10-22-43(45)51)36-26-28-40-48-31-35(27-29-49(48)57-50(40)32-36)47-30-34-16-4-5-17-37(34)53-54-41-20-8-6-18-38(41)39-19-7-13-25-46(39)55(54)58-56(47)53/h1-32H. The maximum atomic E-state index is 7.10. The van der Waals surface area contributed by atoms with Crippen LogP contribution in [0.1, 0.15) is 0 Å². The van der Waals surface area contributed by atoms with Gasteiger partial charge in [-0.2, -0.15) is 0 Å². The summed E-state index contributed by atoms with van der Waals surface area (Å²) in [5.41, 5.74) is 10.6. The van der Waals surface area contributed by atoms with E-state index in [4.69, 9.17) is 8.83 Å². The van der Waals surface area contributed by atoms with E-state index in [1.165, 1.54) is 70.6 Å². The lowest BCUT2D eigenvalue weighted by atomic mass is 9.86. The van der Waals surface area contributed by atoms with E-state index in [0.717, 1.165) is 60.6 Å². The molecule has 0 radical (unpaired) electrons. The molecule has 13 rings (SSSR count). The Morgan fingerprint density at radius 2 is 0.793 bits per heavy atom. The minimum absolute atomic E-state index is 0.865. The van der Waals surface area contributed by atoms with E-state index in [1.54, 1.807) is 0 Å². The van der Waals surface area contributed by atoms with E-state index >= 15 is 0 Å². The first-order chi connectivity index (χ1) is 28.8. The summed E-state index contributed by atoms with van der Waals surface area (Å²) in [6, 6.07) is 70.0. The van der Waals surface area contributed by atoms with Gasteiger partial charge in [0, 0.05) is 32.5 Å². The molecule has 11 aromatic carbocycles. The third-order valence-electron chi connectivity index (χ3n) is 12.4. The Bertz CT molecular complexity index is 3790. The molecule has 2 aromatic heterocycles. The van der Waals surface area contributed by atoms with Crippen molar-refractivity contribution in [2.24, 2.45) is 0 Å². The molecular formula is C56H32O2. The summed E-state index contributed by atoms with van der Waals surface area (Å²) < 4.78 is 13.8. The topological polar surface area (TPSA) is 26.3 Å². The molecule has 2 heteroatoms. The molecule has 0 bridgehead atoms. The van der Waals surface area contributed by atoms with Gasteiger partial charge in [-0.1, -0.05) is 164 Å². The van der Waals surface area contributed by atoms with Gasteiger partial charge >= 0.3 is 0 Å². The largest absolute Gasteiger partial charge is 0.456 e. The van der Waals surface area contributed by atoms with Crippen molar-refractivity contribution in [2.45, 2.75) is 0 Å². The Labute approximate surface area is 332 Å². The van der Waals surface area contributed by atoms with Gasteiger partial charge in [0.1, 0.15) is 22.3 Å². The molecule has 0 fully saturated rings. The molecule has 2 heterocycles. The van der Waals surface area contributed by atoms with Crippen molar-refractivity contribution in [3.05, 3.63) is 194 Å². The molecule has 0 aliphatic carbocycles. The van der Waals surface area contributed by atoms with Crippen LogP contribution in [0.5, 0.6) is 0 Å². The Morgan fingerprint density at radius 1 is 0.259 bits per heavy atom. The first-order valence-electron chi connectivity index (χ1n) is 19.9. The molecule has 2 nitrogen and oxygen atoms in total. The summed E-state index contributed by atoms with van der Waals surface area (Å²) in [6.45, 7) is 0. The predicted octanol–water partition coefficient (Wildman–Crippen LogP) is 16.3. The van der Waals surface area contributed by atoms with Crippen LogP contribution in [-0.4, -0.2) is 0 Å². The lowest BCUT2D eigenvalue weighted by molar-refractivity contribution is 0.669. The molecule has 268 valence electrons. The van der Waals surface area contributed by atoms with Gasteiger partial charge < -0.3 is 8.83 Å². The number of rotatable bonds is 3. The van der Waals surface area contributed by atoms with Crippen molar-refractivity contribution in [3.8, 4) is 33.4 Å². The van der Waals surface area contributed by atoms with Crippen molar-refractivity contribution in [3.63, 3.8) is 0 Å². The van der Waals surface area contributed by atoms with E-state index in [-0.39, 0.29) is 0 Å². The lowest BCUT2D eigenvalue weighted by Gasteiger charge is -2.17. The number of hydrogen-bond donors (Lipinski definition) is 0. The van der Waals surface area contributed by atoms with Crippen LogP contribution in [0.25, 0.3) is 131 Å². The summed E-state index contributed by atoms with van der Waals surface area (Å²) in [5.74, 6) is 0. The minimum atomic E-state index is 0.865. The summed E-state index contributed by atoms with van der Waals surface area (Å²) in [7, 11) is 0. The zero-order chi connectivity index (χ0) is 37.9. The summed E-state index contributed by atoms with van der Waals surface area (Å²) in [4.78, 5) is 0. The van der Waals surface area contributed by atoms with Crippen molar-refractivity contribution >= 4 is 97.7 Å². The van der Waals surface area contributed by atoms with Crippen molar-refractivity contribution in [2.75, 3.05) is 0 Å². The summed E-state index contributed by atoms with van der Waals surface area (Å²) >= 11 is 0. The van der Waals surface area contributed by atoms with Gasteiger partial charge in [0.05, 0.1) is 0 Å². The van der Waals surface area contributed by atoms with Gasteiger partial charge in [-0.05, 0) is 107 Å². The normalized spacial score (nSPS) is 12.1. The number of benzene rings is 11. The van der Waals surface area contributed by atoms with Crippen LogP contribution >= 0.6 is 0 Å². The molecule has 0 amide bonds. The highest BCUT2D eigenvalue weighted by atomic mass is 16.3. The highest BCUT2D eigenvalue weighted by molar-refractivity contribution is 6.35. The molecule has 0 saturated heterocycles. The van der Waals surface area contributed by atoms with E-state index in [9.17, 15) is 0 Å². The van der Waals surface area contributed by atoms with Crippen LogP contribution in [0.4, 0.5) is 0 Å². The zero-order valence-corrected chi connectivity index (χ0v) is 31.3. The Morgan fingerprint density at radius 3 is 1.50 bits per heavy atom. The Kier molecular flexibility index (Phi) is 6.47. The SMILES string of the molecule is c1ccc(-c2c3ccccc3c(-c3ccc4c(c3)oc3ccc(-c5cc6ccccc6c6c5oc5c7ccccc7c7ccccc7c56)cc34)c3ccccc23)cc1. The second-order valence-electron chi connectivity index (χ2n) is 15.5. The smallest absolute Gasteiger partial charge is 0.143 e. The highest BCUT2D eigenvalue weighted by Crippen LogP contribution is 2.48. The molecule has 0 atom stereocenters. The van der Waals surface area contributed by atoms with Crippen molar-refractivity contribution in [1.82, 2.24) is 0 Å². The van der Waals surface area contributed by atoms with Crippen LogP contribution in [0, 0.1) is 0 Å². The van der Waals surface area contributed by atoms with Crippen LogP contribution < -0.4 is 0 Å². The maximum Gasteiger partial charge on any atom is 0.143 e. The molecule has 0 saturated carbocycles. The first-order valence-corrected chi connectivity index (χ1v) is 19.9. The molecule has 0 aliphatic rings. The summed E-state index contributed by atoms with van der Waals surface area (Å²) in [5, 5.41) is 16.6. The number of fused-ring (bicyclic) bond motifs is 15. The summed E-state index contributed by atoms with van der Waals surface area (Å²) in [6.07, 6.45) is 0. The van der Waals surface area contributed by atoms with Gasteiger partial charge in [0.25, 0.3) is 0 Å². The van der Waals surface area contributed by atoms with Crippen molar-refractivity contribution < 1.29 is 8.83 Å². The second-order valence-corrected chi connectivity index (χ2v) is 15.5. The lowest BCUT2D eigenvalue weighted by Crippen LogP contribution is -1.90. The zero-order valence-electron chi connectivity index (χ0n) is 31.3. The minimum Gasteiger partial charge on any atom is -0.456 e. The van der Waals surface area contributed by atoms with Gasteiger partial charge in [0.15, 0.2) is 0 Å². The Balaban J connectivity index is 1.04. The van der Waals surface area contributed by atoms with Gasteiger partial charge in [-0.25, -0.2) is 0 Å². The van der Waals surface area contributed by atoms with Gasteiger partial charge in [0.2, 0.25) is 0 Å². The quantitative estimate of drug-likeness (QED) is 0.133. The predicted molar refractivity (Wildman–Crippen MR) is 245 cm³/mol. The monoisotopic (exact) mass is 736 g/mol. The Hall–Kier alpha value is -7.68. The second kappa shape index (κ2) is 11.9. The molecule has 0 spiro atoms.